The van der Waals surface area contributed by atoms with Crippen molar-refractivity contribution in [3.05, 3.63) is 96.3 Å². The van der Waals surface area contributed by atoms with Gasteiger partial charge in [0.2, 0.25) is 5.82 Å². The molecular weight excluding hydrogens is 433 g/mol. The van der Waals surface area contributed by atoms with Gasteiger partial charge in [-0.3, -0.25) is 0 Å². The smallest absolute Gasteiger partial charge is 0.201 e. The molecule has 0 bridgehead atoms. The molecule has 34 heavy (non-hydrogen) atoms. The number of hydrogen-bond donors (Lipinski definition) is 0. The van der Waals surface area contributed by atoms with Gasteiger partial charge >= 0.3 is 0 Å². The zero-order valence-electron chi connectivity index (χ0n) is 19.4. The van der Waals surface area contributed by atoms with Gasteiger partial charge in [0.15, 0.2) is 11.6 Å². The fraction of sp³-hybridized carbons (Fsp3) is 0.267. The van der Waals surface area contributed by atoms with E-state index in [1.165, 1.54) is 17.7 Å². The summed E-state index contributed by atoms with van der Waals surface area (Å²) in [6, 6.07) is 15.1. The van der Waals surface area contributed by atoms with E-state index in [9.17, 15) is 13.2 Å². The molecule has 3 aromatic carbocycles. The Morgan fingerprint density at radius 1 is 0.912 bits per heavy atom. The molecule has 1 nitrogen and oxygen atoms in total. The van der Waals surface area contributed by atoms with Crippen LogP contribution in [0.25, 0.3) is 27.8 Å². The van der Waals surface area contributed by atoms with Crippen LogP contribution in [0.3, 0.4) is 0 Å². The Kier molecular flexibility index (Phi) is 7.56. The zero-order valence-corrected chi connectivity index (χ0v) is 19.4. The molecule has 0 aliphatic heterocycles. The predicted molar refractivity (Wildman–Crippen MR) is 133 cm³/mol. The van der Waals surface area contributed by atoms with Crippen LogP contribution in [0, 0.1) is 23.4 Å². The highest BCUT2D eigenvalue weighted by molar-refractivity contribution is 5.74. The van der Waals surface area contributed by atoms with Crippen LogP contribution >= 0.6 is 0 Å². The van der Waals surface area contributed by atoms with Crippen molar-refractivity contribution < 1.29 is 17.9 Å². The number of halogens is 3. The van der Waals surface area contributed by atoms with Crippen LogP contribution in [-0.2, 0) is 0 Å². The SMILES string of the molecule is C=CCCCOc1ccc(-c2ccc(-c3ccc(C4=CCC(C)CC4)cc3F)cc2)c(F)c1F. The topological polar surface area (TPSA) is 9.23 Å². The third-order valence-corrected chi connectivity index (χ3v) is 6.38. The monoisotopic (exact) mass is 462 g/mol. The van der Waals surface area contributed by atoms with Crippen LogP contribution in [0.5, 0.6) is 5.75 Å². The van der Waals surface area contributed by atoms with E-state index in [1.807, 2.05) is 6.07 Å². The van der Waals surface area contributed by atoms with E-state index in [-0.39, 0.29) is 23.7 Å². The first kappa shape index (κ1) is 23.9. The standard InChI is InChI=1S/C30H29F3O/c1-3-4-5-18-34-28-17-16-26(29(32)30(28)33)23-12-10-22(11-13-23)25-15-14-24(19-27(25)31)21-8-6-20(2)7-9-21/h3,8,10-17,19-20H,1,4-7,9,18H2,2H3. The second kappa shape index (κ2) is 10.8. The molecule has 176 valence electrons. The lowest BCUT2D eigenvalue weighted by Crippen LogP contribution is -2.01. The summed E-state index contributed by atoms with van der Waals surface area (Å²) in [4.78, 5) is 0. The molecule has 1 atom stereocenters. The van der Waals surface area contributed by atoms with Gasteiger partial charge in [-0.05, 0) is 78.5 Å². The summed E-state index contributed by atoms with van der Waals surface area (Å²) in [5, 5.41) is 0. The highest BCUT2D eigenvalue weighted by atomic mass is 19.2. The number of unbranched alkanes of at least 4 members (excludes halogenated alkanes) is 1. The fourth-order valence-electron chi connectivity index (χ4n) is 4.28. The average Bonchev–Trinajstić information content (AvgIpc) is 2.85. The van der Waals surface area contributed by atoms with Crippen molar-refractivity contribution in [3.63, 3.8) is 0 Å². The second-order valence-electron chi connectivity index (χ2n) is 8.90. The van der Waals surface area contributed by atoms with Crippen LogP contribution < -0.4 is 4.74 Å². The third kappa shape index (κ3) is 5.27. The minimum Gasteiger partial charge on any atom is -0.490 e. The molecule has 0 fully saturated rings. The van der Waals surface area contributed by atoms with Gasteiger partial charge in [0.05, 0.1) is 6.61 Å². The van der Waals surface area contributed by atoms with Crippen molar-refractivity contribution in [3.8, 4) is 28.0 Å². The van der Waals surface area contributed by atoms with Crippen LogP contribution in [-0.4, -0.2) is 6.61 Å². The normalized spacial score (nSPS) is 15.6. The number of benzene rings is 3. The molecule has 0 radical (unpaired) electrons. The van der Waals surface area contributed by atoms with Gasteiger partial charge in [-0.25, -0.2) is 8.78 Å². The lowest BCUT2D eigenvalue weighted by atomic mass is 9.87. The van der Waals surface area contributed by atoms with E-state index in [4.69, 9.17) is 4.74 Å². The molecule has 1 unspecified atom stereocenters. The Hall–Kier alpha value is -3.27. The maximum Gasteiger partial charge on any atom is 0.201 e. The van der Waals surface area contributed by atoms with Crippen molar-refractivity contribution in [1.29, 1.82) is 0 Å². The Morgan fingerprint density at radius 3 is 2.24 bits per heavy atom. The van der Waals surface area contributed by atoms with E-state index in [2.05, 4.69) is 19.6 Å². The Balaban J connectivity index is 1.52. The lowest BCUT2D eigenvalue weighted by molar-refractivity contribution is 0.291. The van der Waals surface area contributed by atoms with Crippen LogP contribution in [0.4, 0.5) is 13.2 Å². The maximum absolute atomic E-state index is 14.9. The van der Waals surface area contributed by atoms with Crippen molar-refractivity contribution in [2.45, 2.75) is 39.0 Å². The molecule has 0 spiro atoms. The summed E-state index contributed by atoms with van der Waals surface area (Å²) < 4.78 is 49.5. The molecular formula is C30H29F3O. The quantitative estimate of drug-likeness (QED) is 0.240. The summed E-state index contributed by atoms with van der Waals surface area (Å²) in [7, 11) is 0. The predicted octanol–water partition coefficient (Wildman–Crippen LogP) is 8.99. The van der Waals surface area contributed by atoms with Gasteiger partial charge in [0, 0.05) is 11.1 Å². The minimum absolute atomic E-state index is 0.105. The molecule has 0 saturated carbocycles. The molecule has 4 rings (SSSR count). The second-order valence-corrected chi connectivity index (χ2v) is 8.90. The summed E-state index contributed by atoms with van der Waals surface area (Å²) in [5.41, 5.74) is 3.93. The number of allylic oxidation sites excluding steroid dienone is 3. The van der Waals surface area contributed by atoms with Crippen LogP contribution in [0.15, 0.2) is 73.3 Å². The first-order valence-corrected chi connectivity index (χ1v) is 11.8. The molecule has 0 amide bonds. The summed E-state index contributed by atoms with van der Waals surface area (Å²) in [6.45, 7) is 6.14. The van der Waals surface area contributed by atoms with Gasteiger partial charge in [0.1, 0.15) is 5.82 Å². The van der Waals surface area contributed by atoms with E-state index in [0.717, 1.165) is 31.2 Å². The first-order chi connectivity index (χ1) is 16.5. The van der Waals surface area contributed by atoms with Crippen molar-refractivity contribution >= 4 is 5.57 Å². The van der Waals surface area contributed by atoms with E-state index in [0.29, 0.717) is 29.0 Å². The average molecular weight is 463 g/mol. The molecule has 4 heteroatoms. The van der Waals surface area contributed by atoms with E-state index >= 15 is 0 Å². The summed E-state index contributed by atoms with van der Waals surface area (Å²) >= 11 is 0. The zero-order chi connectivity index (χ0) is 24.1. The Labute approximate surface area is 199 Å². The molecule has 0 saturated heterocycles. The lowest BCUT2D eigenvalue weighted by Gasteiger charge is -2.19. The Bertz CT molecular complexity index is 1190. The van der Waals surface area contributed by atoms with Crippen molar-refractivity contribution in [2.75, 3.05) is 6.61 Å². The highest BCUT2D eigenvalue weighted by Crippen LogP contribution is 2.34. The van der Waals surface area contributed by atoms with Crippen molar-refractivity contribution in [1.82, 2.24) is 0 Å². The van der Waals surface area contributed by atoms with E-state index < -0.39 is 11.6 Å². The third-order valence-electron chi connectivity index (χ3n) is 6.38. The van der Waals surface area contributed by atoms with Gasteiger partial charge in [0.25, 0.3) is 0 Å². The first-order valence-electron chi connectivity index (χ1n) is 11.8. The molecule has 0 heterocycles. The Morgan fingerprint density at radius 2 is 1.59 bits per heavy atom. The molecule has 0 aromatic heterocycles. The fourth-order valence-corrected chi connectivity index (χ4v) is 4.28. The highest BCUT2D eigenvalue weighted by Gasteiger charge is 2.17. The van der Waals surface area contributed by atoms with Gasteiger partial charge < -0.3 is 4.74 Å². The van der Waals surface area contributed by atoms with E-state index in [1.54, 1.807) is 42.5 Å². The molecule has 1 aliphatic carbocycles. The van der Waals surface area contributed by atoms with Crippen molar-refractivity contribution in [2.24, 2.45) is 5.92 Å². The van der Waals surface area contributed by atoms with Gasteiger partial charge in [-0.15, -0.1) is 6.58 Å². The summed E-state index contributed by atoms with van der Waals surface area (Å²) in [5.74, 6) is -1.69. The maximum atomic E-state index is 14.9. The summed E-state index contributed by atoms with van der Waals surface area (Å²) in [6.07, 6.45) is 8.51. The number of rotatable bonds is 8. The van der Waals surface area contributed by atoms with Gasteiger partial charge in [-0.1, -0.05) is 55.5 Å². The van der Waals surface area contributed by atoms with Gasteiger partial charge in [-0.2, -0.15) is 4.39 Å². The largest absolute Gasteiger partial charge is 0.490 e. The molecule has 3 aromatic rings. The number of hydrogen-bond acceptors (Lipinski definition) is 1. The minimum atomic E-state index is -1.01. The molecule has 0 N–H and O–H groups in total. The molecule has 1 aliphatic rings. The number of ether oxygens (including phenoxy) is 1. The van der Waals surface area contributed by atoms with Crippen LogP contribution in [0.1, 0.15) is 44.6 Å². The van der Waals surface area contributed by atoms with Crippen LogP contribution in [0.2, 0.25) is 0 Å².